The number of imidazole rings is 1. The number of nitrogens with zero attached hydrogens (tertiary/aromatic N) is 5. The molecule has 1 fully saturated rings. The number of fused-ring (bicyclic) bond motifs is 3. The number of ether oxygens (including phenoxy) is 3. The number of amides is 1. The lowest BCUT2D eigenvalue weighted by molar-refractivity contribution is 0.0106. The highest BCUT2D eigenvalue weighted by molar-refractivity contribution is 6.14. The highest BCUT2D eigenvalue weighted by atomic mass is 16.5. The molecule has 13 heteroatoms. The number of H-pyrrole nitrogens is 1. The minimum absolute atomic E-state index is 0.0134. The molecule has 4 aromatic heterocycles. The topological polar surface area (TPSA) is 164 Å². The zero-order valence-corrected chi connectivity index (χ0v) is 25.1. The quantitative estimate of drug-likeness (QED) is 0.264. The van der Waals surface area contributed by atoms with Crippen molar-refractivity contribution in [2.45, 2.75) is 51.4 Å². The Balaban J connectivity index is 0.000000682. The second kappa shape index (κ2) is 11.8. The Bertz CT molecular complexity index is 1830. The fraction of sp³-hybridized carbons (Fsp3) is 0.400. The number of rotatable bonds is 6. The van der Waals surface area contributed by atoms with Crippen molar-refractivity contribution in [2.75, 3.05) is 14.2 Å². The number of nitrogens with two attached hydrogens (primary N) is 1. The predicted molar refractivity (Wildman–Crippen MR) is 162 cm³/mol. The predicted octanol–water partition coefficient (Wildman–Crippen LogP) is 4.23. The van der Waals surface area contributed by atoms with Crippen LogP contribution in [0.4, 0.5) is 4.79 Å². The number of aromatic nitrogens is 6. The zero-order valence-electron chi connectivity index (χ0n) is 25.1. The lowest BCUT2D eigenvalue weighted by Gasteiger charge is -2.16. The standard InChI is InChI=1S/C28H32N6O4.C2H5NO2/c1-15(2)38-19-11-8-17(12-19)34-25-21(33(4)28(34)36)13-29-26-23(25)22(16-6-9-18(35)10-7-16)24(30-26)20-14-32(3)31-27(20)37-5;1-5-2(3)4/h6-7,9-10,13-15,17,19,35H,8,11-12H2,1-5H3,(H,29,30);1H3,(H2,3,4)/t17?,19-;/m0./s1. The van der Waals surface area contributed by atoms with Crippen LogP contribution < -0.4 is 16.2 Å². The summed E-state index contributed by atoms with van der Waals surface area (Å²) < 4.78 is 20.9. The van der Waals surface area contributed by atoms with E-state index >= 15 is 0 Å². The molecule has 0 spiro atoms. The summed E-state index contributed by atoms with van der Waals surface area (Å²) in [6.07, 6.45) is 5.73. The number of hydrogen-bond donors (Lipinski definition) is 3. The molecule has 1 aliphatic rings. The minimum Gasteiger partial charge on any atom is -0.508 e. The third-order valence-corrected chi connectivity index (χ3v) is 7.67. The highest BCUT2D eigenvalue weighted by Crippen LogP contribution is 2.44. The maximum absolute atomic E-state index is 13.7. The summed E-state index contributed by atoms with van der Waals surface area (Å²) in [6, 6.07) is 7.08. The molecule has 1 saturated carbocycles. The van der Waals surface area contributed by atoms with Gasteiger partial charge >= 0.3 is 11.8 Å². The molecular weight excluding hydrogens is 554 g/mol. The number of aryl methyl sites for hydroxylation is 2. The number of aromatic amines is 1. The lowest BCUT2D eigenvalue weighted by atomic mass is 9.99. The molecule has 43 heavy (non-hydrogen) atoms. The number of pyridine rings is 1. The number of phenols is 1. The zero-order chi connectivity index (χ0) is 31.0. The molecule has 0 radical (unpaired) electrons. The number of methoxy groups -OCH3 is 2. The summed E-state index contributed by atoms with van der Waals surface area (Å²) in [5.74, 6) is 0.654. The monoisotopic (exact) mass is 591 g/mol. The largest absolute Gasteiger partial charge is 0.508 e. The van der Waals surface area contributed by atoms with Crippen molar-refractivity contribution in [3.63, 3.8) is 0 Å². The Kier molecular flexibility index (Phi) is 8.18. The third-order valence-electron chi connectivity index (χ3n) is 7.67. The molecule has 4 N–H and O–H groups in total. The second-order valence-electron chi connectivity index (χ2n) is 10.9. The van der Waals surface area contributed by atoms with Gasteiger partial charge in [-0.3, -0.25) is 13.8 Å². The molecule has 1 unspecified atom stereocenters. The number of hydrogen-bond acceptors (Lipinski definition) is 8. The molecule has 4 heterocycles. The van der Waals surface area contributed by atoms with Crippen LogP contribution in [0.25, 0.3) is 44.5 Å². The van der Waals surface area contributed by atoms with E-state index in [1.165, 1.54) is 7.11 Å². The van der Waals surface area contributed by atoms with E-state index in [1.54, 1.807) is 41.7 Å². The Morgan fingerprint density at radius 2 is 1.86 bits per heavy atom. The van der Waals surface area contributed by atoms with Crippen molar-refractivity contribution < 1.29 is 24.1 Å². The van der Waals surface area contributed by atoms with Gasteiger partial charge in [-0.1, -0.05) is 12.1 Å². The van der Waals surface area contributed by atoms with Crippen molar-refractivity contribution >= 4 is 28.2 Å². The van der Waals surface area contributed by atoms with E-state index in [1.807, 2.05) is 43.8 Å². The maximum Gasteiger partial charge on any atom is 0.404 e. The van der Waals surface area contributed by atoms with E-state index in [-0.39, 0.29) is 29.7 Å². The number of aromatic hydroxyl groups is 1. The van der Waals surface area contributed by atoms with Gasteiger partial charge in [-0.2, -0.15) is 0 Å². The third kappa shape index (κ3) is 5.55. The summed E-state index contributed by atoms with van der Waals surface area (Å²) in [6.45, 7) is 4.09. The van der Waals surface area contributed by atoms with Gasteiger partial charge in [-0.15, -0.1) is 5.10 Å². The van der Waals surface area contributed by atoms with Gasteiger partial charge in [0.2, 0.25) is 5.88 Å². The SMILES string of the molecule is COC(N)=O.COc1nn(C)cc1-c1[nH]c2ncc3c(c2c1-c1ccc(O)cc1)n(C1CC[C@H](OC(C)C)C1)c(=O)n3C. The van der Waals surface area contributed by atoms with Gasteiger partial charge in [-0.25, -0.2) is 14.6 Å². The minimum atomic E-state index is -0.745. The van der Waals surface area contributed by atoms with Gasteiger partial charge in [0, 0.05) is 31.9 Å². The lowest BCUT2D eigenvalue weighted by Crippen LogP contribution is -2.25. The van der Waals surface area contributed by atoms with Crippen LogP contribution in [0, 0.1) is 0 Å². The van der Waals surface area contributed by atoms with Crippen LogP contribution in [0.15, 0.2) is 41.5 Å². The van der Waals surface area contributed by atoms with Crippen molar-refractivity contribution in [1.82, 2.24) is 28.9 Å². The maximum atomic E-state index is 13.7. The molecular formula is C30H37N7O6. The highest BCUT2D eigenvalue weighted by Gasteiger charge is 2.32. The molecule has 0 bridgehead atoms. The molecule has 6 rings (SSSR count). The van der Waals surface area contributed by atoms with Gasteiger partial charge in [0.15, 0.2) is 0 Å². The van der Waals surface area contributed by atoms with Gasteiger partial charge in [-0.05, 0) is 50.8 Å². The summed E-state index contributed by atoms with van der Waals surface area (Å²) in [7, 11) is 6.46. The summed E-state index contributed by atoms with van der Waals surface area (Å²) in [5.41, 5.74) is 9.93. The van der Waals surface area contributed by atoms with Crippen LogP contribution in [0.5, 0.6) is 11.6 Å². The van der Waals surface area contributed by atoms with Crippen LogP contribution in [0.2, 0.25) is 0 Å². The second-order valence-corrected chi connectivity index (χ2v) is 10.9. The van der Waals surface area contributed by atoms with Gasteiger partial charge in [0.25, 0.3) is 0 Å². The van der Waals surface area contributed by atoms with E-state index in [0.717, 1.165) is 58.1 Å². The average molecular weight is 592 g/mol. The van der Waals surface area contributed by atoms with Gasteiger partial charge < -0.3 is 30.0 Å². The number of primary amides is 1. The Morgan fingerprint density at radius 3 is 2.49 bits per heavy atom. The first-order chi connectivity index (χ1) is 20.5. The van der Waals surface area contributed by atoms with E-state index in [9.17, 15) is 14.7 Å². The summed E-state index contributed by atoms with van der Waals surface area (Å²) in [4.78, 5) is 31.3. The fourth-order valence-corrected chi connectivity index (χ4v) is 5.89. The van der Waals surface area contributed by atoms with Crippen LogP contribution in [-0.4, -0.2) is 66.5 Å². The molecule has 1 aromatic carbocycles. The van der Waals surface area contributed by atoms with Crippen LogP contribution >= 0.6 is 0 Å². The molecule has 0 aliphatic heterocycles. The molecule has 0 saturated heterocycles. The van der Waals surface area contributed by atoms with Crippen LogP contribution in [0.1, 0.15) is 39.2 Å². The first kappa shape index (κ1) is 29.7. The number of nitrogens with one attached hydrogen (secondary N) is 1. The number of benzene rings is 1. The first-order valence-electron chi connectivity index (χ1n) is 14.0. The van der Waals surface area contributed by atoms with Gasteiger partial charge in [0.05, 0.1) is 60.3 Å². The van der Waals surface area contributed by atoms with Gasteiger partial charge in [0.1, 0.15) is 11.4 Å². The molecule has 1 amide bonds. The number of phenolic OH excluding ortho intramolecular Hbond substituents is 1. The molecule has 13 nitrogen and oxygen atoms in total. The van der Waals surface area contributed by atoms with E-state index in [0.29, 0.717) is 11.5 Å². The van der Waals surface area contributed by atoms with Crippen molar-refractivity contribution in [3.05, 3.63) is 47.1 Å². The van der Waals surface area contributed by atoms with Crippen LogP contribution in [0.3, 0.4) is 0 Å². The Hall–Kier alpha value is -4.78. The smallest absolute Gasteiger partial charge is 0.404 e. The normalized spacial score (nSPS) is 16.5. The van der Waals surface area contributed by atoms with E-state index in [2.05, 4.69) is 20.6 Å². The van der Waals surface area contributed by atoms with Crippen LogP contribution in [-0.2, 0) is 23.6 Å². The number of carbonyl (C=O) groups is 1. The molecule has 1 aliphatic carbocycles. The molecule has 228 valence electrons. The summed E-state index contributed by atoms with van der Waals surface area (Å²) in [5, 5.41) is 15.3. The number of carbonyl (C=O) groups excluding carboxylic acids is 1. The first-order valence-corrected chi connectivity index (χ1v) is 14.0. The Morgan fingerprint density at radius 1 is 1.16 bits per heavy atom. The average Bonchev–Trinajstić information content (AvgIpc) is 3.73. The molecule has 2 atom stereocenters. The van der Waals surface area contributed by atoms with E-state index in [4.69, 9.17) is 14.5 Å². The van der Waals surface area contributed by atoms with E-state index < -0.39 is 6.09 Å². The Labute approximate surface area is 247 Å². The summed E-state index contributed by atoms with van der Waals surface area (Å²) >= 11 is 0. The van der Waals surface area contributed by atoms with Crippen molar-refractivity contribution in [1.29, 1.82) is 0 Å². The van der Waals surface area contributed by atoms with Crippen molar-refractivity contribution in [2.24, 2.45) is 19.8 Å². The fourth-order valence-electron chi connectivity index (χ4n) is 5.89. The molecule has 5 aromatic rings. The van der Waals surface area contributed by atoms with Crippen molar-refractivity contribution in [3.8, 4) is 34.0 Å².